The summed E-state index contributed by atoms with van der Waals surface area (Å²) >= 11 is 1.46. The molecule has 1 N–H and O–H groups in total. The van der Waals surface area contributed by atoms with E-state index in [9.17, 15) is 9.59 Å². The lowest BCUT2D eigenvalue weighted by molar-refractivity contribution is -0.132. The van der Waals surface area contributed by atoms with Crippen LogP contribution in [-0.4, -0.2) is 41.4 Å². The quantitative estimate of drug-likeness (QED) is 0.835. The van der Waals surface area contributed by atoms with Gasteiger partial charge in [0.2, 0.25) is 11.8 Å². The molecular weight excluding hydrogens is 338 g/mol. The van der Waals surface area contributed by atoms with E-state index < -0.39 is 6.04 Å². The number of rotatable bonds is 5. The highest BCUT2D eigenvalue weighted by atomic mass is 32.1. The van der Waals surface area contributed by atoms with Crippen molar-refractivity contribution in [1.82, 2.24) is 9.88 Å². The summed E-state index contributed by atoms with van der Waals surface area (Å²) in [4.78, 5) is 30.7. The Balaban J connectivity index is 1.63. The fourth-order valence-electron chi connectivity index (χ4n) is 2.76. The number of carbonyl (C=O) groups is 2. The lowest BCUT2D eigenvalue weighted by Gasteiger charge is -2.22. The van der Waals surface area contributed by atoms with Gasteiger partial charge >= 0.3 is 0 Å². The van der Waals surface area contributed by atoms with Crippen LogP contribution in [0.5, 0.6) is 5.75 Å². The Morgan fingerprint density at radius 2 is 2.16 bits per heavy atom. The van der Waals surface area contributed by atoms with Crippen LogP contribution in [0.2, 0.25) is 0 Å². The lowest BCUT2D eigenvalue weighted by Crippen LogP contribution is -2.42. The summed E-state index contributed by atoms with van der Waals surface area (Å²) in [5.41, 5.74) is 0.684. The van der Waals surface area contributed by atoms with Crippen LogP contribution in [0.1, 0.15) is 17.8 Å². The third-order valence-electron chi connectivity index (χ3n) is 4.02. The first kappa shape index (κ1) is 17.2. The Morgan fingerprint density at radius 3 is 2.84 bits per heavy atom. The largest absolute Gasteiger partial charge is 0.497 e. The Morgan fingerprint density at radius 1 is 1.36 bits per heavy atom. The molecule has 0 aliphatic carbocycles. The van der Waals surface area contributed by atoms with E-state index in [1.165, 1.54) is 17.4 Å². The summed E-state index contributed by atoms with van der Waals surface area (Å²) in [7, 11) is 1.59. The number of nitrogens with zero attached hydrogens (tertiary/aromatic N) is 2. The average Bonchev–Trinajstić information content (AvgIpc) is 3.32. The van der Waals surface area contributed by atoms with Crippen LogP contribution in [-0.2, 0) is 9.59 Å². The molecule has 1 fully saturated rings. The fraction of sp³-hybridized carbons (Fsp3) is 0.278. The first-order chi connectivity index (χ1) is 12.2. The second kappa shape index (κ2) is 7.94. The van der Waals surface area contributed by atoms with Crippen LogP contribution in [0, 0.1) is 0 Å². The number of hydrogen-bond donors (Lipinski definition) is 1. The monoisotopic (exact) mass is 357 g/mol. The molecule has 25 heavy (non-hydrogen) atoms. The van der Waals surface area contributed by atoms with E-state index in [1.807, 2.05) is 5.38 Å². The zero-order chi connectivity index (χ0) is 17.6. The maximum absolute atomic E-state index is 12.5. The molecule has 2 aromatic rings. The maximum atomic E-state index is 12.5. The molecule has 1 aromatic carbocycles. The number of ether oxygens (including phenoxy) is 1. The van der Waals surface area contributed by atoms with Crippen molar-refractivity contribution in [3.8, 4) is 5.75 Å². The van der Waals surface area contributed by atoms with E-state index in [1.54, 1.807) is 48.5 Å². The van der Waals surface area contributed by atoms with Gasteiger partial charge < -0.3 is 15.0 Å². The van der Waals surface area contributed by atoms with E-state index in [0.717, 1.165) is 17.2 Å². The predicted octanol–water partition coefficient (Wildman–Crippen LogP) is 2.79. The van der Waals surface area contributed by atoms with Crippen molar-refractivity contribution in [2.75, 3.05) is 19.0 Å². The predicted molar refractivity (Wildman–Crippen MR) is 97.5 cm³/mol. The minimum Gasteiger partial charge on any atom is -0.497 e. The van der Waals surface area contributed by atoms with Crippen molar-refractivity contribution in [3.05, 3.63) is 46.9 Å². The first-order valence-electron chi connectivity index (χ1n) is 8.00. The van der Waals surface area contributed by atoms with Gasteiger partial charge in [-0.1, -0.05) is 0 Å². The van der Waals surface area contributed by atoms with E-state index in [0.29, 0.717) is 18.7 Å². The molecule has 2 heterocycles. The Hall–Kier alpha value is -2.67. The van der Waals surface area contributed by atoms with Crippen LogP contribution in [0.25, 0.3) is 6.08 Å². The zero-order valence-corrected chi connectivity index (χ0v) is 14.7. The van der Waals surface area contributed by atoms with Crippen LogP contribution < -0.4 is 10.1 Å². The third kappa shape index (κ3) is 4.24. The van der Waals surface area contributed by atoms with E-state index >= 15 is 0 Å². The molecule has 1 aliphatic heterocycles. The van der Waals surface area contributed by atoms with Crippen LogP contribution in [0.4, 0.5) is 5.69 Å². The topological polar surface area (TPSA) is 71.5 Å². The fourth-order valence-corrected chi connectivity index (χ4v) is 3.29. The van der Waals surface area contributed by atoms with Gasteiger partial charge in [-0.3, -0.25) is 9.59 Å². The molecule has 1 saturated heterocycles. The lowest BCUT2D eigenvalue weighted by atomic mass is 10.2. The summed E-state index contributed by atoms with van der Waals surface area (Å²) in [6.45, 7) is 0.585. The van der Waals surface area contributed by atoms with Gasteiger partial charge in [-0.05, 0) is 43.2 Å². The second-order valence-electron chi connectivity index (χ2n) is 5.61. The molecule has 1 atom stereocenters. The average molecular weight is 357 g/mol. The molecule has 0 saturated carbocycles. The zero-order valence-electron chi connectivity index (χ0n) is 13.8. The van der Waals surface area contributed by atoms with Crippen molar-refractivity contribution in [2.24, 2.45) is 0 Å². The van der Waals surface area contributed by atoms with E-state index in [2.05, 4.69) is 10.3 Å². The number of amides is 2. The molecule has 7 heteroatoms. The van der Waals surface area contributed by atoms with Gasteiger partial charge in [0.25, 0.3) is 0 Å². The summed E-state index contributed by atoms with van der Waals surface area (Å²) in [5.74, 6) is 0.393. The van der Waals surface area contributed by atoms with E-state index in [4.69, 9.17) is 4.74 Å². The maximum Gasteiger partial charge on any atom is 0.247 e. The van der Waals surface area contributed by atoms with E-state index in [-0.39, 0.29) is 11.8 Å². The van der Waals surface area contributed by atoms with Crippen LogP contribution in [0.3, 0.4) is 0 Å². The van der Waals surface area contributed by atoms with Crippen molar-refractivity contribution in [2.45, 2.75) is 18.9 Å². The van der Waals surface area contributed by atoms with Gasteiger partial charge in [0.1, 0.15) is 16.8 Å². The molecular formula is C18H19N3O3S. The number of carbonyl (C=O) groups excluding carboxylic acids is 2. The van der Waals surface area contributed by atoms with Gasteiger partial charge in [0.15, 0.2) is 0 Å². The standard InChI is InChI=1S/C18H19N3O3S/c1-24-14-6-4-13(5-7-14)20-18(23)15-3-2-11-21(15)17(22)9-8-16-19-10-12-25-16/h4-10,12,15H,2-3,11H2,1H3,(H,20,23). The number of aromatic nitrogens is 1. The normalized spacial score (nSPS) is 17.0. The summed E-state index contributed by atoms with van der Waals surface area (Å²) in [6, 6.07) is 6.67. The van der Waals surface area contributed by atoms with Crippen molar-refractivity contribution >= 4 is 34.9 Å². The molecule has 1 aliphatic rings. The molecule has 0 radical (unpaired) electrons. The third-order valence-corrected chi connectivity index (χ3v) is 4.76. The highest BCUT2D eigenvalue weighted by Gasteiger charge is 2.33. The Labute approximate surface area is 150 Å². The SMILES string of the molecule is COc1ccc(NC(=O)C2CCCN2C(=O)C=Cc2nccs2)cc1. The number of benzene rings is 1. The molecule has 0 spiro atoms. The summed E-state index contributed by atoms with van der Waals surface area (Å²) in [5, 5.41) is 5.49. The molecule has 1 unspecified atom stereocenters. The number of thiazole rings is 1. The van der Waals surface area contributed by atoms with Gasteiger partial charge in [-0.25, -0.2) is 4.98 Å². The van der Waals surface area contributed by atoms with Gasteiger partial charge in [0.05, 0.1) is 7.11 Å². The molecule has 2 amide bonds. The van der Waals surface area contributed by atoms with Gasteiger partial charge in [0, 0.05) is 29.9 Å². The Kier molecular flexibility index (Phi) is 5.45. The smallest absolute Gasteiger partial charge is 0.247 e. The molecule has 3 rings (SSSR count). The highest BCUT2D eigenvalue weighted by molar-refractivity contribution is 7.10. The van der Waals surface area contributed by atoms with Crippen molar-refractivity contribution < 1.29 is 14.3 Å². The Bertz CT molecular complexity index is 756. The summed E-state index contributed by atoms with van der Waals surface area (Å²) in [6.07, 6.45) is 6.34. The minimum absolute atomic E-state index is 0.164. The number of hydrogen-bond acceptors (Lipinski definition) is 5. The molecule has 1 aromatic heterocycles. The van der Waals surface area contributed by atoms with Crippen molar-refractivity contribution in [3.63, 3.8) is 0 Å². The van der Waals surface area contributed by atoms with Gasteiger partial charge in [-0.2, -0.15) is 0 Å². The number of anilines is 1. The molecule has 130 valence electrons. The van der Waals surface area contributed by atoms with Crippen molar-refractivity contribution in [1.29, 1.82) is 0 Å². The molecule has 6 nitrogen and oxygen atoms in total. The van der Waals surface area contributed by atoms with Gasteiger partial charge in [-0.15, -0.1) is 11.3 Å². The molecule has 0 bridgehead atoms. The first-order valence-corrected chi connectivity index (χ1v) is 8.88. The number of methoxy groups -OCH3 is 1. The summed E-state index contributed by atoms with van der Waals surface area (Å²) < 4.78 is 5.10. The second-order valence-corrected chi connectivity index (χ2v) is 6.54. The van der Waals surface area contributed by atoms with Crippen LogP contribution >= 0.6 is 11.3 Å². The number of nitrogens with one attached hydrogen (secondary N) is 1. The minimum atomic E-state index is -0.449. The van der Waals surface area contributed by atoms with Crippen LogP contribution in [0.15, 0.2) is 41.9 Å². The number of likely N-dealkylation sites (tertiary alicyclic amines) is 1. The highest BCUT2D eigenvalue weighted by Crippen LogP contribution is 2.21.